The van der Waals surface area contributed by atoms with E-state index in [-0.39, 0.29) is 28.6 Å². The van der Waals surface area contributed by atoms with Gasteiger partial charge in [-0.3, -0.25) is 0 Å². The van der Waals surface area contributed by atoms with Gasteiger partial charge in [0.05, 0.1) is 21.8 Å². The summed E-state index contributed by atoms with van der Waals surface area (Å²) in [6, 6.07) is 9.18. The highest BCUT2D eigenvalue weighted by Gasteiger charge is 2.25. The smallest absolute Gasteiger partial charge is 0.336 e. The molecule has 3 rings (SSSR count). The lowest BCUT2D eigenvalue weighted by Gasteiger charge is -2.06. The zero-order valence-corrected chi connectivity index (χ0v) is 14.3. The molecule has 0 saturated carbocycles. The molecule has 0 amide bonds. The fourth-order valence-electron chi connectivity index (χ4n) is 2.64. The number of carboxylic acids is 1. The first-order valence-electron chi connectivity index (χ1n) is 7.47. The highest BCUT2D eigenvalue weighted by molar-refractivity contribution is 6.35. The molecule has 26 heavy (non-hydrogen) atoms. The summed E-state index contributed by atoms with van der Waals surface area (Å²) in [5.74, 6) is -2.50. The van der Waals surface area contributed by atoms with Crippen LogP contribution in [-0.2, 0) is 11.5 Å². The Hall–Kier alpha value is -2.77. The summed E-state index contributed by atoms with van der Waals surface area (Å²) in [5, 5.41) is 13.6. The van der Waals surface area contributed by atoms with Gasteiger partial charge in [0.15, 0.2) is 0 Å². The third-order valence-electron chi connectivity index (χ3n) is 3.74. The molecule has 0 aliphatic heterocycles. The van der Waals surface area contributed by atoms with Crippen LogP contribution < -0.4 is 0 Å². The topological polar surface area (TPSA) is 64.4 Å². The van der Waals surface area contributed by atoms with Crippen LogP contribution in [0.3, 0.4) is 0 Å². The van der Waals surface area contributed by atoms with Crippen LogP contribution >= 0.6 is 11.6 Å². The third-order valence-corrected chi connectivity index (χ3v) is 4.10. The molecular formula is C18H13ClF2N2O3. The second kappa shape index (κ2) is 7.23. The maximum absolute atomic E-state index is 14.4. The average Bonchev–Trinajstić information content (AvgIpc) is 2.92. The molecule has 0 fully saturated rings. The number of halogens is 3. The minimum Gasteiger partial charge on any atom is -0.478 e. The van der Waals surface area contributed by atoms with Gasteiger partial charge in [-0.2, -0.15) is 5.10 Å². The molecule has 3 aromatic rings. The molecule has 1 N–H and O–H groups in total. The van der Waals surface area contributed by atoms with Gasteiger partial charge in [-0.1, -0.05) is 17.7 Å². The molecule has 5 nitrogen and oxygen atoms in total. The lowest BCUT2D eigenvalue weighted by Crippen LogP contribution is -2.05. The Labute approximate surface area is 152 Å². The van der Waals surface area contributed by atoms with Crippen molar-refractivity contribution in [2.24, 2.45) is 0 Å². The second-order valence-corrected chi connectivity index (χ2v) is 5.78. The number of carbonyl (C=O) groups is 1. The fourth-order valence-corrected chi connectivity index (χ4v) is 2.98. The number of rotatable bonds is 5. The number of nitrogens with zero attached hydrogens (tertiary/aromatic N) is 2. The number of aromatic nitrogens is 2. The summed E-state index contributed by atoms with van der Waals surface area (Å²) in [6.45, 7) is -0.0106. The largest absolute Gasteiger partial charge is 0.478 e. The number of hydrogen-bond acceptors (Lipinski definition) is 3. The van der Waals surface area contributed by atoms with E-state index in [0.717, 1.165) is 6.07 Å². The summed E-state index contributed by atoms with van der Waals surface area (Å²) in [6.07, 6.45) is 0. The SMILES string of the molecule is COCn1nc(-c2c(F)cccc2C(=O)O)c(Cl)c1-c1ccc(F)cc1. The minimum absolute atomic E-state index is 0.0106. The van der Waals surface area contributed by atoms with Gasteiger partial charge < -0.3 is 9.84 Å². The summed E-state index contributed by atoms with van der Waals surface area (Å²) < 4.78 is 34.1. The number of ether oxygens (including phenoxy) is 1. The van der Waals surface area contributed by atoms with Crippen molar-refractivity contribution in [1.82, 2.24) is 9.78 Å². The molecule has 0 radical (unpaired) electrons. The molecule has 0 aliphatic rings. The van der Waals surface area contributed by atoms with Crippen LogP contribution in [0.4, 0.5) is 8.78 Å². The number of carboxylic acid groups (broad SMARTS) is 1. The van der Waals surface area contributed by atoms with Crippen molar-refractivity contribution >= 4 is 17.6 Å². The van der Waals surface area contributed by atoms with E-state index in [0.29, 0.717) is 11.3 Å². The number of methoxy groups -OCH3 is 1. The van der Waals surface area contributed by atoms with Crippen molar-refractivity contribution in [2.45, 2.75) is 6.73 Å². The number of benzene rings is 2. The van der Waals surface area contributed by atoms with Crippen molar-refractivity contribution in [3.63, 3.8) is 0 Å². The first-order chi connectivity index (χ1) is 12.4. The summed E-state index contributed by atoms with van der Waals surface area (Å²) in [4.78, 5) is 11.5. The minimum atomic E-state index is -1.31. The molecule has 0 atom stereocenters. The molecule has 1 aromatic heterocycles. The molecule has 0 unspecified atom stereocenters. The van der Waals surface area contributed by atoms with Crippen molar-refractivity contribution in [3.05, 3.63) is 64.7 Å². The molecule has 0 saturated heterocycles. The van der Waals surface area contributed by atoms with Crippen molar-refractivity contribution in [2.75, 3.05) is 7.11 Å². The van der Waals surface area contributed by atoms with E-state index in [1.165, 1.54) is 48.2 Å². The first-order valence-corrected chi connectivity index (χ1v) is 7.85. The number of hydrogen-bond donors (Lipinski definition) is 1. The molecule has 1 heterocycles. The molecule has 0 bridgehead atoms. The Balaban J connectivity index is 2.27. The van der Waals surface area contributed by atoms with Gasteiger partial charge in [0.25, 0.3) is 0 Å². The van der Waals surface area contributed by atoms with Crippen LogP contribution in [0.5, 0.6) is 0 Å². The Morgan fingerprint density at radius 1 is 1.23 bits per heavy atom. The van der Waals surface area contributed by atoms with Crippen LogP contribution in [0.2, 0.25) is 5.02 Å². The predicted octanol–water partition coefficient (Wildman–Crippen LogP) is 4.45. The lowest BCUT2D eigenvalue weighted by atomic mass is 10.0. The van der Waals surface area contributed by atoms with Crippen LogP contribution in [0.1, 0.15) is 10.4 Å². The second-order valence-electron chi connectivity index (χ2n) is 5.40. The van der Waals surface area contributed by atoms with E-state index < -0.39 is 17.6 Å². The van der Waals surface area contributed by atoms with Gasteiger partial charge in [0.2, 0.25) is 0 Å². The summed E-state index contributed by atoms with van der Waals surface area (Å²) in [7, 11) is 1.44. The van der Waals surface area contributed by atoms with Gasteiger partial charge >= 0.3 is 5.97 Å². The van der Waals surface area contributed by atoms with Crippen LogP contribution in [0, 0.1) is 11.6 Å². The average molecular weight is 379 g/mol. The molecule has 8 heteroatoms. The van der Waals surface area contributed by atoms with Gasteiger partial charge in [-0.25, -0.2) is 18.3 Å². The summed E-state index contributed by atoms with van der Waals surface area (Å²) >= 11 is 6.43. The van der Waals surface area contributed by atoms with E-state index in [4.69, 9.17) is 16.3 Å². The molecule has 0 aliphatic carbocycles. The zero-order valence-electron chi connectivity index (χ0n) is 13.5. The molecule has 2 aromatic carbocycles. The Kier molecular flexibility index (Phi) is 5.01. The fraction of sp³-hybridized carbons (Fsp3) is 0.111. The zero-order chi connectivity index (χ0) is 18.8. The van der Waals surface area contributed by atoms with Crippen molar-refractivity contribution < 1.29 is 23.4 Å². The van der Waals surface area contributed by atoms with E-state index in [1.807, 2.05) is 0 Å². The monoisotopic (exact) mass is 378 g/mol. The highest BCUT2D eigenvalue weighted by Crippen LogP contribution is 2.38. The van der Waals surface area contributed by atoms with Crippen molar-refractivity contribution in [1.29, 1.82) is 0 Å². The van der Waals surface area contributed by atoms with Crippen LogP contribution in [0.25, 0.3) is 22.5 Å². The molecule has 0 spiro atoms. The van der Waals surface area contributed by atoms with Crippen LogP contribution in [0.15, 0.2) is 42.5 Å². The maximum atomic E-state index is 14.4. The lowest BCUT2D eigenvalue weighted by molar-refractivity contribution is 0.0697. The third kappa shape index (κ3) is 3.18. The maximum Gasteiger partial charge on any atom is 0.336 e. The van der Waals surface area contributed by atoms with E-state index in [9.17, 15) is 18.7 Å². The number of aromatic carboxylic acids is 1. The van der Waals surface area contributed by atoms with Gasteiger partial charge in [0, 0.05) is 12.7 Å². The standard InChI is InChI=1S/C18H13ClF2N2O3/c1-26-9-23-17(10-5-7-11(20)8-6-10)15(19)16(22-23)14-12(18(24)25)3-2-4-13(14)21/h2-8H,9H2,1H3,(H,24,25). The Bertz CT molecular complexity index is 971. The molecular weight excluding hydrogens is 366 g/mol. The molecule has 134 valence electrons. The van der Waals surface area contributed by atoms with E-state index in [2.05, 4.69) is 5.10 Å². The predicted molar refractivity (Wildman–Crippen MR) is 92.0 cm³/mol. The van der Waals surface area contributed by atoms with Crippen molar-refractivity contribution in [3.8, 4) is 22.5 Å². The van der Waals surface area contributed by atoms with Crippen LogP contribution in [-0.4, -0.2) is 28.0 Å². The Morgan fingerprint density at radius 2 is 1.92 bits per heavy atom. The summed E-state index contributed by atoms with van der Waals surface area (Å²) in [5.41, 5.74) is 0.380. The van der Waals surface area contributed by atoms with Gasteiger partial charge in [-0.05, 0) is 36.4 Å². The normalized spacial score (nSPS) is 10.9. The first kappa shape index (κ1) is 18.0. The van der Waals surface area contributed by atoms with Gasteiger partial charge in [0.1, 0.15) is 24.1 Å². The highest BCUT2D eigenvalue weighted by atomic mass is 35.5. The van der Waals surface area contributed by atoms with E-state index in [1.54, 1.807) is 0 Å². The quantitative estimate of drug-likeness (QED) is 0.712. The van der Waals surface area contributed by atoms with Gasteiger partial charge in [-0.15, -0.1) is 0 Å². The Morgan fingerprint density at radius 3 is 2.54 bits per heavy atom. The van der Waals surface area contributed by atoms with E-state index >= 15 is 0 Å².